The molecule has 0 radical (unpaired) electrons. The Hall–Kier alpha value is -3.16. The van der Waals surface area contributed by atoms with Crippen LogP contribution >= 0.6 is 0 Å². The Balaban J connectivity index is 1.87. The molecule has 0 saturated heterocycles. The van der Waals surface area contributed by atoms with Gasteiger partial charge >= 0.3 is 0 Å². The van der Waals surface area contributed by atoms with Crippen LogP contribution in [0.2, 0.25) is 0 Å². The van der Waals surface area contributed by atoms with Gasteiger partial charge in [0.15, 0.2) is 21.8 Å². The van der Waals surface area contributed by atoms with Gasteiger partial charge in [-0.05, 0) is 24.3 Å². The second-order valence-corrected chi connectivity index (χ2v) is 5.37. The summed E-state index contributed by atoms with van der Waals surface area (Å²) in [5.74, 6) is 0. The van der Waals surface area contributed by atoms with Crippen molar-refractivity contribution in [3.8, 4) is 0 Å². The fourth-order valence-electron chi connectivity index (χ4n) is 2.88. The smallest absolute Gasteiger partial charge is 0.153 e. The van der Waals surface area contributed by atoms with Gasteiger partial charge in [0.05, 0.1) is 0 Å². The minimum absolute atomic E-state index is 0.941. The molecule has 3 nitrogen and oxygen atoms in total. The topological polar surface area (TPSA) is 38.1 Å². The molecule has 1 aliphatic rings. The molecule has 0 spiro atoms. The van der Waals surface area contributed by atoms with E-state index in [2.05, 4.69) is 40.3 Å². The van der Waals surface area contributed by atoms with Crippen LogP contribution in [0.3, 0.4) is 0 Å². The first-order valence-corrected chi connectivity index (χ1v) is 7.13. The first-order valence-electron chi connectivity index (χ1n) is 7.13. The van der Waals surface area contributed by atoms with Gasteiger partial charge in [0.1, 0.15) is 11.0 Å². The molecule has 4 aromatic rings. The Kier molecular flexibility index (Phi) is 2.18. The molecule has 3 heteroatoms. The lowest BCUT2D eigenvalue weighted by molar-refractivity contribution is 1.27. The molecule has 3 heterocycles. The Morgan fingerprint density at radius 3 is 2.32 bits per heavy atom. The molecule has 0 amide bonds. The van der Waals surface area contributed by atoms with Crippen LogP contribution in [0.4, 0.5) is 5.69 Å². The summed E-state index contributed by atoms with van der Waals surface area (Å²) in [6, 6.07) is 16.2. The lowest BCUT2D eigenvalue weighted by Crippen LogP contribution is -2.26. The molecule has 0 atom stereocenters. The van der Waals surface area contributed by atoms with Crippen LogP contribution in [-0.2, 0) is 0 Å². The van der Waals surface area contributed by atoms with E-state index >= 15 is 0 Å². The van der Waals surface area contributed by atoms with Gasteiger partial charge in [-0.3, -0.25) is 0 Å². The molecule has 2 aromatic heterocycles. The molecule has 0 saturated carbocycles. The maximum Gasteiger partial charge on any atom is 0.153 e. The number of fused-ring (bicyclic) bond motifs is 4. The van der Waals surface area contributed by atoms with Crippen molar-refractivity contribution in [3.63, 3.8) is 0 Å². The van der Waals surface area contributed by atoms with E-state index in [4.69, 9.17) is 4.99 Å². The van der Waals surface area contributed by atoms with Crippen LogP contribution in [0.15, 0.2) is 65.9 Å². The van der Waals surface area contributed by atoms with E-state index in [1.807, 2.05) is 24.3 Å². The monoisotopic (exact) mass is 280 g/mol. The molecule has 0 N–H and O–H groups in total. The Morgan fingerprint density at radius 1 is 0.773 bits per heavy atom. The normalized spacial score (nSPS) is 12.0. The third kappa shape index (κ3) is 1.63. The fraction of sp³-hybridized carbons (Fsp3) is 0. The lowest BCUT2D eigenvalue weighted by atomic mass is 10.0. The third-order valence-corrected chi connectivity index (χ3v) is 3.95. The number of hydrogen-bond donors (Lipinski definition) is 0. The minimum Gasteiger partial charge on any atom is -0.248 e. The van der Waals surface area contributed by atoms with E-state index in [1.54, 1.807) is 12.4 Å². The summed E-state index contributed by atoms with van der Waals surface area (Å²) in [6.07, 6.45) is 7.06. The summed E-state index contributed by atoms with van der Waals surface area (Å²) < 4.78 is 0. The van der Waals surface area contributed by atoms with Crippen molar-refractivity contribution in [2.24, 2.45) is 4.99 Å². The molecule has 100 valence electrons. The van der Waals surface area contributed by atoms with Gasteiger partial charge in [-0.15, -0.1) is 0 Å². The first-order chi connectivity index (χ1) is 10.9. The number of rotatable bonds is 0. The zero-order valence-electron chi connectivity index (χ0n) is 11.6. The average molecular weight is 280 g/mol. The van der Waals surface area contributed by atoms with Crippen LogP contribution < -0.4 is 10.6 Å². The van der Waals surface area contributed by atoms with Crippen molar-refractivity contribution in [1.82, 2.24) is 9.97 Å². The first kappa shape index (κ1) is 11.5. The summed E-state index contributed by atoms with van der Waals surface area (Å²) in [4.78, 5) is 13.6. The highest BCUT2D eigenvalue weighted by molar-refractivity contribution is 5.87. The molecule has 0 aliphatic carbocycles. The highest BCUT2D eigenvalue weighted by Crippen LogP contribution is 2.26. The molecule has 22 heavy (non-hydrogen) atoms. The van der Waals surface area contributed by atoms with Gasteiger partial charge in [0, 0.05) is 53.5 Å². The van der Waals surface area contributed by atoms with Crippen molar-refractivity contribution in [2.45, 2.75) is 0 Å². The van der Waals surface area contributed by atoms with Crippen molar-refractivity contribution >= 4 is 33.6 Å². The van der Waals surface area contributed by atoms with Gasteiger partial charge in [-0.1, -0.05) is 0 Å². The Labute approximate surface area is 126 Å². The lowest BCUT2D eigenvalue weighted by Gasteiger charge is -2.02. The molecule has 1 aliphatic heterocycles. The Bertz CT molecular complexity index is 1080. The largest absolute Gasteiger partial charge is 0.248 e. The number of hydrogen-bond acceptors (Lipinski definition) is 3. The van der Waals surface area contributed by atoms with E-state index in [9.17, 15) is 0 Å². The van der Waals surface area contributed by atoms with Crippen molar-refractivity contribution in [2.75, 3.05) is 0 Å². The number of benzene rings is 2. The SMILES string of the molecule is [C+]1=c2cc3ncccc3cc2=Nc2cc3cccnc3cc21. The zero-order chi connectivity index (χ0) is 14.5. The van der Waals surface area contributed by atoms with Crippen molar-refractivity contribution < 1.29 is 0 Å². The van der Waals surface area contributed by atoms with Gasteiger partial charge in [-0.2, -0.15) is 4.99 Å². The van der Waals surface area contributed by atoms with Gasteiger partial charge in [0.25, 0.3) is 0 Å². The van der Waals surface area contributed by atoms with Crippen LogP contribution in [0.5, 0.6) is 0 Å². The van der Waals surface area contributed by atoms with E-state index in [0.717, 1.165) is 43.6 Å². The molecular formula is C19H10N3+. The fourth-order valence-corrected chi connectivity index (χ4v) is 2.88. The molecule has 5 rings (SSSR count). The molecular weight excluding hydrogens is 270 g/mol. The third-order valence-electron chi connectivity index (χ3n) is 3.95. The van der Waals surface area contributed by atoms with E-state index in [1.165, 1.54) is 0 Å². The second kappa shape index (κ2) is 4.17. The van der Waals surface area contributed by atoms with Gasteiger partial charge in [-0.25, -0.2) is 9.97 Å². The minimum atomic E-state index is 0.941. The quantitative estimate of drug-likeness (QED) is 0.409. The highest BCUT2D eigenvalue weighted by atomic mass is 14.7. The highest BCUT2D eigenvalue weighted by Gasteiger charge is 2.15. The van der Waals surface area contributed by atoms with Crippen LogP contribution in [0.25, 0.3) is 27.9 Å². The maximum atomic E-state index is 4.79. The molecule has 0 bridgehead atoms. The second-order valence-electron chi connectivity index (χ2n) is 5.37. The number of aromatic nitrogens is 2. The van der Waals surface area contributed by atoms with Crippen molar-refractivity contribution in [1.29, 1.82) is 0 Å². The maximum absolute atomic E-state index is 4.79. The predicted molar refractivity (Wildman–Crippen MR) is 86.4 cm³/mol. The summed E-state index contributed by atoms with van der Waals surface area (Å²) in [7, 11) is 0. The standard InChI is InChI=1S/C19H10N3/c1-3-12-8-18-14(10-16(12)20-5-1)7-15-11-17-13(4-2-6-21-17)9-19(15)22-18/h1-6,8-11H/q+1. The average Bonchev–Trinajstić information content (AvgIpc) is 2.56. The van der Waals surface area contributed by atoms with Crippen LogP contribution in [-0.4, -0.2) is 9.97 Å². The number of pyridine rings is 2. The van der Waals surface area contributed by atoms with E-state index < -0.39 is 0 Å². The van der Waals surface area contributed by atoms with Gasteiger partial charge in [0.2, 0.25) is 0 Å². The molecule has 2 aromatic carbocycles. The predicted octanol–water partition coefficient (Wildman–Crippen LogP) is 2.75. The Morgan fingerprint density at radius 2 is 1.50 bits per heavy atom. The summed E-state index contributed by atoms with van der Waals surface area (Å²) >= 11 is 0. The summed E-state index contributed by atoms with van der Waals surface area (Å²) in [6.45, 7) is 0. The summed E-state index contributed by atoms with van der Waals surface area (Å²) in [5, 5.41) is 4.11. The van der Waals surface area contributed by atoms with Crippen LogP contribution in [0.1, 0.15) is 5.56 Å². The zero-order valence-corrected chi connectivity index (χ0v) is 11.6. The summed E-state index contributed by atoms with van der Waals surface area (Å²) in [5.41, 5.74) is 3.85. The number of nitrogens with zero attached hydrogens (tertiary/aromatic N) is 3. The van der Waals surface area contributed by atoms with E-state index in [-0.39, 0.29) is 0 Å². The molecule has 0 unspecified atom stereocenters. The van der Waals surface area contributed by atoms with Crippen molar-refractivity contribution in [3.05, 3.63) is 77.1 Å². The van der Waals surface area contributed by atoms with Gasteiger partial charge < -0.3 is 0 Å². The molecule has 0 fully saturated rings. The van der Waals surface area contributed by atoms with Crippen LogP contribution in [0, 0.1) is 0 Å². The van der Waals surface area contributed by atoms with E-state index in [0.29, 0.717) is 0 Å².